The molecule has 1 aromatic rings. The van der Waals surface area contributed by atoms with Gasteiger partial charge in [-0.05, 0) is 74.0 Å². The molecule has 1 atom stereocenters. The Morgan fingerprint density at radius 1 is 1.17 bits per heavy atom. The summed E-state index contributed by atoms with van der Waals surface area (Å²) in [4.78, 5) is 4.72. The fourth-order valence-corrected chi connectivity index (χ4v) is 3.92. The van der Waals surface area contributed by atoms with Crippen LogP contribution in [-0.2, 0) is 4.74 Å². The normalized spacial score (nSPS) is 27.0. The Bertz CT molecular complexity index is 564. The number of hydrogen-bond acceptors (Lipinski definition) is 2. The van der Waals surface area contributed by atoms with Crippen molar-refractivity contribution < 1.29 is 4.74 Å². The molecule has 0 aromatic heterocycles. The molecule has 1 aromatic carbocycles. The summed E-state index contributed by atoms with van der Waals surface area (Å²) in [5, 5.41) is 0. The van der Waals surface area contributed by atoms with Crippen LogP contribution in [0.2, 0.25) is 0 Å². The number of benzene rings is 1. The minimum absolute atomic E-state index is 0.311. The molecule has 130 valence electrons. The summed E-state index contributed by atoms with van der Waals surface area (Å²) in [7, 11) is 0. The number of nitrogens with zero attached hydrogens (tertiary/aromatic N) is 1. The van der Waals surface area contributed by atoms with Gasteiger partial charge in [-0.1, -0.05) is 32.1 Å². The molecule has 0 unspecified atom stereocenters. The van der Waals surface area contributed by atoms with Crippen molar-refractivity contribution in [3.8, 4) is 0 Å². The van der Waals surface area contributed by atoms with E-state index in [1.165, 1.54) is 44.1 Å². The third-order valence-corrected chi connectivity index (χ3v) is 5.70. The molecule has 0 spiro atoms. The van der Waals surface area contributed by atoms with Crippen molar-refractivity contribution in [3.05, 3.63) is 48.0 Å². The monoisotopic (exact) mass is 325 g/mol. The zero-order chi connectivity index (χ0) is 16.9. The lowest BCUT2D eigenvalue weighted by Gasteiger charge is -2.28. The van der Waals surface area contributed by atoms with Crippen LogP contribution in [0.5, 0.6) is 0 Å². The van der Waals surface area contributed by atoms with Crippen LogP contribution in [-0.4, -0.2) is 18.5 Å². The van der Waals surface area contributed by atoms with Gasteiger partial charge in [0, 0.05) is 5.56 Å². The quantitative estimate of drug-likeness (QED) is 0.612. The van der Waals surface area contributed by atoms with E-state index in [-0.39, 0.29) is 0 Å². The van der Waals surface area contributed by atoms with Gasteiger partial charge >= 0.3 is 0 Å². The van der Waals surface area contributed by atoms with E-state index < -0.39 is 0 Å². The minimum Gasteiger partial charge on any atom is -0.475 e. The molecule has 24 heavy (non-hydrogen) atoms. The van der Waals surface area contributed by atoms with Crippen molar-refractivity contribution in [2.24, 2.45) is 16.8 Å². The van der Waals surface area contributed by atoms with Gasteiger partial charge < -0.3 is 4.74 Å². The molecule has 0 amide bonds. The molecular formula is C22H31NO. The van der Waals surface area contributed by atoms with Crippen LogP contribution >= 0.6 is 0 Å². The van der Waals surface area contributed by atoms with Gasteiger partial charge in [0.05, 0.1) is 6.04 Å². The molecule has 1 aliphatic heterocycles. The Labute approximate surface area is 147 Å². The topological polar surface area (TPSA) is 21.6 Å². The van der Waals surface area contributed by atoms with Gasteiger partial charge in [0.15, 0.2) is 0 Å². The second kappa shape index (κ2) is 8.00. The van der Waals surface area contributed by atoms with Crippen LogP contribution < -0.4 is 0 Å². The maximum atomic E-state index is 5.79. The first-order valence-corrected chi connectivity index (χ1v) is 9.59. The Hall–Kier alpha value is -1.57. The van der Waals surface area contributed by atoms with Crippen molar-refractivity contribution in [1.29, 1.82) is 0 Å². The van der Waals surface area contributed by atoms with Gasteiger partial charge in [-0.3, -0.25) is 0 Å². The Morgan fingerprint density at radius 2 is 1.88 bits per heavy atom. The first-order chi connectivity index (χ1) is 11.7. The molecule has 0 saturated heterocycles. The first kappa shape index (κ1) is 17.3. The van der Waals surface area contributed by atoms with Crippen LogP contribution in [0, 0.1) is 11.8 Å². The highest BCUT2D eigenvalue weighted by Crippen LogP contribution is 2.37. The van der Waals surface area contributed by atoms with Gasteiger partial charge in [0.1, 0.15) is 6.61 Å². The molecule has 1 saturated carbocycles. The van der Waals surface area contributed by atoms with Crippen LogP contribution in [0.15, 0.2) is 41.9 Å². The van der Waals surface area contributed by atoms with E-state index in [4.69, 9.17) is 9.73 Å². The van der Waals surface area contributed by atoms with Gasteiger partial charge in [-0.15, -0.1) is 6.58 Å². The molecule has 1 heterocycles. The Balaban J connectivity index is 1.58. The number of ether oxygens (including phenoxy) is 1. The highest BCUT2D eigenvalue weighted by atomic mass is 16.5. The predicted molar refractivity (Wildman–Crippen MR) is 102 cm³/mol. The summed E-state index contributed by atoms with van der Waals surface area (Å²) in [5.74, 6) is 3.01. The molecule has 2 nitrogen and oxygen atoms in total. The maximum absolute atomic E-state index is 5.79. The van der Waals surface area contributed by atoms with Crippen LogP contribution in [0.25, 0.3) is 0 Å². The van der Waals surface area contributed by atoms with E-state index in [0.717, 1.165) is 29.9 Å². The summed E-state index contributed by atoms with van der Waals surface area (Å²) >= 11 is 0. The van der Waals surface area contributed by atoms with Crippen molar-refractivity contribution in [2.75, 3.05) is 6.61 Å². The molecule has 0 bridgehead atoms. The summed E-state index contributed by atoms with van der Waals surface area (Å²) in [6.07, 6.45) is 9.94. The number of rotatable bonds is 6. The minimum atomic E-state index is 0.311. The van der Waals surface area contributed by atoms with Crippen molar-refractivity contribution in [3.63, 3.8) is 0 Å². The van der Waals surface area contributed by atoms with Crippen molar-refractivity contribution in [2.45, 2.75) is 64.3 Å². The second-order valence-corrected chi connectivity index (χ2v) is 7.76. The maximum Gasteiger partial charge on any atom is 0.216 e. The van der Waals surface area contributed by atoms with E-state index in [9.17, 15) is 0 Å². The number of allylic oxidation sites excluding steroid dienone is 1. The summed E-state index contributed by atoms with van der Waals surface area (Å²) in [5.41, 5.74) is 2.61. The molecule has 0 radical (unpaired) electrons. The smallest absolute Gasteiger partial charge is 0.216 e. The van der Waals surface area contributed by atoms with Gasteiger partial charge in [0.2, 0.25) is 5.90 Å². The van der Waals surface area contributed by atoms with Gasteiger partial charge in [0.25, 0.3) is 0 Å². The summed E-state index contributed by atoms with van der Waals surface area (Å²) in [6, 6.07) is 9.28. The van der Waals surface area contributed by atoms with Crippen molar-refractivity contribution in [1.82, 2.24) is 0 Å². The third-order valence-electron chi connectivity index (χ3n) is 5.70. The highest BCUT2D eigenvalue weighted by molar-refractivity contribution is 5.95. The lowest BCUT2D eigenvalue weighted by molar-refractivity contribution is 0.292. The molecule has 3 rings (SSSR count). The number of hydrogen-bond donors (Lipinski definition) is 0. The number of aliphatic imine (C=N–C) groups is 1. The van der Waals surface area contributed by atoms with Crippen LogP contribution in [0.4, 0.5) is 0 Å². The Morgan fingerprint density at radius 3 is 2.46 bits per heavy atom. The molecule has 1 fully saturated rings. The molecule has 1 aliphatic carbocycles. The fraction of sp³-hybridized carbons (Fsp3) is 0.591. The molecule has 2 heteroatoms. The fourth-order valence-electron chi connectivity index (χ4n) is 3.92. The van der Waals surface area contributed by atoms with E-state index in [1.807, 2.05) is 0 Å². The standard InChI is InChI=1S/C22H31NO/c1-4-5-6-17-7-9-18(10-8-17)19-11-13-20(14-12-19)22-23-21(15-24-22)16(2)3/h4,11-14,16-18,21H,1,5-10,15H2,2-3H3/t17-,18-,21-/m1/s1. The lowest BCUT2D eigenvalue weighted by atomic mass is 9.77. The second-order valence-electron chi connectivity index (χ2n) is 7.76. The lowest BCUT2D eigenvalue weighted by Crippen LogP contribution is -2.13. The van der Waals surface area contributed by atoms with E-state index in [2.05, 4.69) is 50.8 Å². The zero-order valence-electron chi connectivity index (χ0n) is 15.2. The molecule has 0 N–H and O–H groups in total. The highest BCUT2D eigenvalue weighted by Gasteiger charge is 2.24. The average molecular weight is 325 g/mol. The van der Waals surface area contributed by atoms with Crippen LogP contribution in [0.3, 0.4) is 0 Å². The Kier molecular flexibility index (Phi) is 5.76. The largest absolute Gasteiger partial charge is 0.475 e. The molecular weight excluding hydrogens is 294 g/mol. The molecule has 2 aliphatic rings. The summed E-state index contributed by atoms with van der Waals surface area (Å²) < 4.78 is 5.79. The SMILES string of the molecule is C=CCC[C@H]1CC[C@H](c2ccc(C3=N[C@@H](C(C)C)CO3)cc2)CC1. The van der Waals surface area contributed by atoms with E-state index >= 15 is 0 Å². The van der Waals surface area contributed by atoms with Crippen LogP contribution in [0.1, 0.15) is 69.4 Å². The van der Waals surface area contributed by atoms with E-state index in [1.54, 1.807) is 0 Å². The summed E-state index contributed by atoms with van der Waals surface area (Å²) in [6.45, 7) is 8.98. The van der Waals surface area contributed by atoms with Crippen molar-refractivity contribution >= 4 is 5.90 Å². The average Bonchev–Trinajstić information content (AvgIpc) is 3.11. The zero-order valence-corrected chi connectivity index (χ0v) is 15.2. The third kappa shape index (κ3) is 4.09. The van der Waals surface area contributed by atoms with E-state index in [0.29, 0.717) is 12.0 Å². The first-order valence-electron chi connectivity index (χ1n) is 9.59. The van der Waals surface area contributed by atoms with Gasteiger partial charge in [-0.2, -0.15) is 0 Å². The predicted octanol–water partition coefficient (Wildman–Crippen LogP) is 5.73. The van der Waals surface area contributed by atoms with Gasteiger partial charge in [-0.25, -0.2) is 4.99 Å².